The third-order valence-electron chi connectivity index (χ3n) is 2.79. The lowest BCUT2D eigenvalue weighted by molar-refractivity contribution is 0.409. The van der Waals surface area contributed by atoms with Crippen LogP contribution in [0.15, 0.2) is 18.2 Å². The molecule has 0 aromatic heterocycles. The van der Waals surface area contributed by atoms with Crippen LogP contribution in [0.25, 0.3) is 0 Å². The van der Waals surface area contributed by atoms with Gasteiger partial charge in [0.1, 0.15) is 5.75 Å². The zero-order valence-corrected chi connectivity index (χ0v) is 11.1. The van der Waals surface area contributed by atoms with E-state index in [1.165, 1.54) is 11.1 Å². The van der Waals surface area contributed by atoms with Crippen LogP contribution in [0.1, 0.15) is 25.0 Å². The van der Waals surface area contributed by atoms with Crippen molar-refractivity contribution in [2.45, 2.75) is 32.7 Å². The second-order valence-corrected chi connectivity index (χ2v) is 4.43. The summed E-state index contributed by atoms with van der Waals surface area (Å²) >= 11 is 0. The summed E-state index contributed by atoms with van der Waals surface area (Å²) in [6.45, 7) is 5.96. The molecule has 0 bridgehead atoms. The zero-order valence-electron chi connectivity index (χ0n) is 11.1. The Kier molecular flexibility index (Phi) is 6.01. The van der Waals surface area contributed by atoms with E-state index in [4.69, 9.17) is 10.5 Å². The van der Waals surface area contributed by atoms with E-state index in [1.807, 2.05) is 6.92 Å². The van der Waals surface area contributed by atoms with E-state index in [0.29, 0.717) is 0 Å². The normalized spacial score (nSPS) is 12.5. The summed E-state index contributed by atoms with van der Waals surface area (Å²) in [7, 11) is 1.72. The van der Waals surface area contributed by atoms with Gasteiger partial charge in [0, 0.05) is 12.6 Å². The molecule has 96 valence electrons. The Hall–Kier alpha value is -1.06. The first-order valence-corrected chi connectivity index (χ1v) is 6.29. The molecule has 0 aliphatic carbocycles. The van der Waals surface area contributed by atoms with Crippen molar-refractivity contribution in [1.82, 2.24) is 5.32 Å². The standard InChI is InChI=1S/C14H24N2O/c1-4-12-5-6-14(17-3)13(9-12)7-8-16-10-11(2)15/h5-6,9,11,16H,4,7-8,10,15H2,1-3H3. The van der Waals surface area contributed by atoms with Crippen molar-refractivity contribution in [1.29, 1.82) is 0 Å². The van der Waals surface area contributed by atoms with Gasteiger partial charge < -0.3 is 15.8 Å². The van der Waals surface area contributed by atoms with Gasteiger partial charge in [-0.25, -0.2) is 0 Å². The van der Waals surface area contributed by atoms with E-state index in [9.17, 15) is 0 Å². The molecule has 3 heteroatoms. The Morgan fingerprint density at radius 2 is 2.18 bits per heavy atom. The molecule has 0 heterocycles. The van der Waals surface area contributed by atoms with E-state index in [0.717, 1.165) is 31.7 Å². The summed E-state index contributed by atoms with van der Waals surface area (Å²) in [5, 5.41) is 3.34. The molecule has 3 nitrogen and oxygen atoms in total. The number of nitrogens with one attached hydrogen (secondary N) is 1. The maximum Gasteiger partial charge on any atom is 0.122 e. The van der Waals surface area contributed by atoms with Gasteiger partial charge in [0.05, 0.1) is 7.11 Å². The Bertz CT molecular complexity index is 337. The predicted octanol–water partition coefficient (Wildman–Crippen LogP) is 1.74. The number of ether oxygens (including phenoxy) is 1. The summed E-state index contributed by atoms with van der Waals surface area (Å²) in [6, 6.07) is 6.61. The Morgan fingerprint density at radius 3 is 2.76 bits per heavy atom. The van der Waals surface area contributed by atoms with Gasteiger partial charge in [-0.1, -0.05) is 19.1 Å². The highest BCUT2D eigenvalue weighted by Gasteiger charge is 2.04. The van der Waals surface area contributed by atoms with Crippen LogP contribution in [0, 0.1) is 0 Å². The largest absolute Gasteiger partial charge is 0.496 e. The molecule has 0 aliphatic rings. The summed E-state index contributed by atoms with van der Waals surface area (Å²) < 4.78 is 5.37. The Balaban J connectivity index is 2.55. The molecule has 0 spiro atoms. The predicted molar refractivity (Wildman–Crippen MR) is 72.6 cm³/mol. The fourth-order valence-electron chi connectivity index (χ4n) is 1.80. The minimum atomic E-state index is 0.207. The molecule has 0 aliphatic heterocycles. The Labute approximate surface area is 104 Å². The summed E-state index contributed by atoms with van der Waals surface area (Å²) in [5.74, 6) is 0.977. The van der Waals surface area contributed by atoms with Crippen molar-refractivity contribution < 1.29 is 4.74 Å². The third kappa shape index (κ3) is 4.75. The van der Waals surface area contributed by atoms with Gasteiger partial charge >= 0.3 is 0 Å². The molecule has 1 rings (SSSR count). The summed E-state index contributed by atoms with van der Waals surface area (Å²) in [6.07, 6.45) is 2.04. The van der Waals surface area contributed by atoms with Gasteiger partial charge in [-0.2, -0.15) is 0 Å². The number of aryl methyl sites for hydroxylation is 1. The van der Waals surface area contributed by atoms with Crippen molar-refractivity contribution >= 4 is 0 Å². The van der Waals surface area contributed by atoms with Crippen LogP contribution in [0.4, 0.5) is 0 Å². The van der Waals surface area contributed by atoms with Crippen LogP contribution in [0.2, 0.25) is 0 Å². The highest BCUT2D eigenvalue weighted by atomic mass is 16.5. The van der Waals surface area contributed by atoms with Crippen LogP contribution in [0.5, 0.6) is 5.75 Å². The van der Waals surface area contributed by atoms with Crippen molar-refractivity contribution in [3.8, 4) is 5.75 Å². The van der Waals surface area contributed by atoms with Crippen molar-refractivity contribution in [3.63, 3.8) is 0 Å². The number of hydrogen-bond acceptors (Lipinski definition) is 3. The van der Waals surface area contributed by atoms with E-state index >= 15 is 0 Å². The van der Waals surface area contributed by atoms with Crippen LogP contribution in [-0.4, -0.2) is 26.2 Å². The number of rotatable bonds is 7. The van der Waals surface area contributed by atoms with Gasteiger partial charge in [-0.05, 0) is 43.5 Å². The van der Waals surface area contributed by atoms with Gasteiger partial charge in [-0.3, -0.25) is 0 Å². The number of nitrogens with two attached hydrogens (primary N) is 1. The number of benzene rings is 1. The van der Waals surface area contributed by atoms with Crippen LogP contribution < -0.4 is 15.8 Å². The number of hydrogen-bond donors (Lipinski definition) is 2. The summed E-state index contributed by atoms with van der Waals surface area (Å²) in [4.78, 5) is 0. The first-order chi connectivity index (χ1) is 8.17. The van der Waals surface area contributed by atoms with E-state index in [1.54, 1.807) is 7.11 Å². The van der Waals surface area contributed by atoms with E-state index in [2.05, 4.69) is 30.4 Å². The molecule has 1 atom stereocenters. The Morgan fingerprint density at radius 1 is 1.41 bits per heavy atom. The van der Waals surface area contributed by atoms with Crippen molar-refractivity contribution in [3.05, 3.63) is 29.3 Å². The average molecular weight is 236 g/mol. The molecule has 1 unspecified atom stereocenters. The number of methoxy groups -OCH3 is 1. The maximum absolute atomic E-state index is 5.69. The second-order valence-electron chi connectivity index (χ2n) is 4.43. The molecular formula is C14H24N2O. The molecule has 3 N–H and O–H groups in total. The quantitative estimate of drug-likeness (QED) is 0.709. The van der Waals surface area contributed by atoms with Crippen LogP contribution in [-0.2, 0) is 12.8 Å². The molecule has 1 aromatic rings. The minimum absolute atomic E-state index is 0.207. The molecule has 0 amide bonds. The third-order valence-corrected chi connectivity index (χ3v) is 2.79. The lowest BCUT2D eigenvalue weighted by Crippen LogP contribution is -2.32. The average Bonchev–Trinajstić information content (AvgIpc) is 2.34. The smallest absolute Gasteiger partial charge is 0.122 e. The van der Waals surface area contributed by atoms with Crippen LogP contribution >= 0.6 is 0 Å². The fourth-order valence-corrected chi connectivity index (χ4v) is 1.80. The maximum atomic E-state index is 5.69. The minimum Gasteiger partial charge on any atom is -0.496 e. The highest BCUT2D eigenvalue weighted by Crippen LogP contribution is 2.20. The van der Waals surface area contributed by atoms with Crippen molar-refractivity contribution in [2.24, 2.45) is 5.73 Å². The van der Waals surface area contributed by atoms with E-state index < -0.39 is 0 Å². The lowest BCUT2D eigenvalue weighted by Gasteiger charge is -2.11. The lowest BCUT2D eigenvalue weighted by atomic mass is 10.1. The van der Waals surface area contributed by atoms with Gasteiger partial charge in [-0.15, -0.1) is 0 Å². The highest BCUT2D eigenvalue weighted by molar-refractivity contribution is 5.37. The van der Waals surface area contributed by atoms with Gasteiger partial charge in [0.25, 0.3) is 0 Å². The molecule has 1 aromatic carbocycles. The molecular weight excluding hydrogens is 212 g/mol. The van der Waals surface area contributed by atoms with Gasteiger partial charge in [0.15, 0.2) is 0 Å². The zero-order chi connectivity index (χ0) is 12.7. The first-order valence-electron chi connectivity index (χ1n) is 6.29. The molecule has 0 saturated carbocycles. The molecule has 0 saturated heterocycles. The SMILES string of the molecule is CCc1ccc(OC)c(CCNCC(C)N)c1. The monoisotopic (exact) mass is 236 g/mol. The molecule has 17 heavy (non-hydrogen) atoms. The molecule has 0 radical (unpaired) electrons. The topological polar surface area (TPSA) is 47.3 Å². The van der Waals surface area contributed by atoms with Gasteiger partial charge in [0.2, 0.25) is 0 Å². The molecule has 0 fully saturated rings. The summed E-state index contributed by atoms with van der Waals surface area (Å²) in [5.41, 5.74) is 8.31. The van der Waals surface area contributed by atoms with E-state index in [-0.39, 0.29) is 6.04 Å². The van der Waals surface area contributed by atoms with Crippen molar-refractivity contribution in [2.75, 3.05) is 20.2 Å². The fraction of sp³-hybridized carbons (Fsp3) is 0.571. The first kappa shape index (κ1) is 14.0. The van der Waals surface area contributed by atoms with Crippen LogP contribution in [0.3, 0.4) is 0 Å². The second kappa shape index (κ2) is 7.30.